The summed E-state index contributed by atoms with van der Waals surface area (Å²) in [6, 6.07) is 0. The molecular formula is C11H18N2O2. The average Bonchev–Trinajstić information content (AvgIpc) is 2.86. The van der Waals surface area contributed by atoms with Gasteiger partial charge in [0.1, 0.15) is 0 Å². The maximum absolute atomic E-state index is 9.54. The molecule has 0 radical (unpaired) electrons. The Bertz CT molecular complexity index is 318. The van der Waals surface area contributed by atoms with Gasteiger partial charge in [-0.15, -0.1) is 0 Å². The molecule has 1 fully saturated rings. The Balaban J connectivity index is 2.03. The van der Waals surface area contributed by atoms with E-state index in [9.17, 15) is 5.11 Å². The van der Waals surface area contributed by atoms with Crippen molar-refractivity contribution in [2.45, 2.75) is 51.6 Å². The lowest BCUT2D eigenvalue weighted by Crippen LogP contribution is -2.14. The fourth-order valence-corrected chi connectivity index (χ4v) is 1.80. The largest absolute Gasteiger partial charge is 0.393 e. The second-order valence-corrected chi connectivity index (χ2v) is 4.45. The second-order valence-electron chi connectivity index (χ2n) is 4.45. The Morgan fingerprint density at radius 3 is 2.80 bits per heavy atom. The van der Waals surface area contributed by atoms with E-state index in [2.05, 4.69) is 10.1 Å². The highest BCUT2D eigenvalue weighted by Crippen LogP contribution is 2.32. The molecule has 1 aromatic rings. The molecule has 0 aliphatic heterocycles. The summed E-state index contributed by atoms with van der Waals surface area (Å²) in [7, 11) is 0. The van der Waals surface area contributed by atoms with Crippen molar-refractivity contribution >= 4 is 0 Å². The Hall–Kier alpha value is -0.900. The van der Waals surface area contributed by atoms with Crippen LogP contribution in [0.15, 0.2) is 4.52 Å². The van der Waals surface area contributed by atoms with Crippen molar-refractivity contribution in [1.29, 1.82) is 0 Å². The normalized spacial score (nSPS) is 20.2. The lowest BCUT2D eigenvalue weighted by molar-refractivity contribution is 0.141. The van der Waals surface area contributed by atoms with Crippen LogP contribution in [-0.4, -0.2) is 21.4 Å². The minimum absolute atomic E-state index is 0.0227. The van der Waals surface area contributed by atoms with Crippen molar-refractivity contribution in [2.24, 2.45) is 5.92 Å². The molecule has 1 aliphatic rings. The summed E-state index contributed by atoms with van der Waals surface area (Å²) in [5.41, 5.74) is 0. The number of aliphatic hydroxyl groups excluding tert-OH is 1. The quantitative estimate of drug-likeness (QED) is 0.806. The SMILES string of the molecule is CCC(c1nc(CC2CC2)no1)C(C)O. The molecule has 1 aromatic heterocycles. The van der Waals surface area contributed by atoms with E-state index in [1.54, 1.807) is 6.92 Å². The van der Waals surface area contributed by atoms with Crippen molar-refractivity contribution in [3.05, 3.63) is 11.7 Å². The van der Waals surface area contributed by atoms with Gasteiger partial charge < -0.3 is 9.63 Å². The van der Waals surface area contributed by atoms with Gasteiger partial charge in [0.05, 0.1) is 12.0 Å². The van der Waals surface area contributed by atoms with E-state index in [1.165, 1.54) is 12.8 Å². The van der Waals surface area contributed by atoms with Crippen LogP contribution in [0.3, 0.4) is 0 Å². The lowest BCUT2D eigenvalue weighted by Gasteiger charge is -2.12. The second kappa shape index (κ2) is 4.31. The maximum Gasteiger partial charge on any atom is 0.232 e. The average molecular weight is 210 g/mol. The zero-order valence-corrected chi connectivity index (χ0v) is 9.31. The number of hydrogen-bond acceptors (Lipinski definition) is 4. The van der Waals surface area contributed by atoms with E-state index in [1.807, 2.05) is 6.92 Å². The van der Waals surface area contributed by atoms with Crippen LogP contribution < -0.4 is 0 Å². The van der Waals surface area contributed by atoms with E-state index >= 15 is 0 Å². The van der Waals surface area contributed by atoms with E-state index < -0.39 is 6.10 Å². The molecule has 15 heavy (non-hydrogen) atoms. The topological polar surface area (TPSA) is 59.2 Å². The van der Waals surface area contributed by atoms with Crippen LogP contribution in [-0.2, 0) is 6.42 Å². The fraction of sp³-hybridized carbons (Fsp3) is 0.818. The molecule has 0 saturated heterocycles. The van der Waals surface area contributed by atoms with Crippen molar-refractivity contribution in [2.75, 3.05) is 0 Å². The van der Waals surface area contributed by atoms with E-state index in [0.717, 1.165) is 24.6 Å². The van der Waals surface area contributed by atoms with Crippen LogP contribution in [0.25, 0.3) is 0 Å². The maximum atomic E-state index is 9.54. The van der Waals surface area contributed by atoms with Gasteiger partial charge in [-0.3, -0.25) is 0 Å². The lowest BCUT2D eigenvalue weighted by atomic mass is 10.0. The zero-order chi connectivity index (χ0) is 10.8. The van der Waals surface area contributed by atoms with Gasteiger partial charge in [-0.05, 0) is 32.1 Å². The highest BCUT2D eigenvalue weighted by molar-refractivity contribution is 4.98. The summed E-state index contributed by atoms with van der Waals surface area (Å²) in [5.74, 6) is 2.13. The third kappa shape index (κ3) is 2.56. The van der Waals surface area contributed by atoms with Crippen molar-refractivity contribution in [3.63, 3.8) is 0 Å². The summed E-state index contributed by atoms with van der Waals surface area (Å²) in [5, 5.41) is 13.5. The van der Waals surface area contributed by atoms with Gasteiger partial charge in [-0.1, -0.05) is 12.1 Å². The van der Waals surface area contributed by atoms with Crippen molar-refractivity contribution in [1.82, 2.24) is 10.1 Å². The predicted octanol–water partition coefficient (Wildman–Crippen LogP) is 1.90. The van der Waals surface area contributed by atoms with Gasteiger partial charge >= 0.3 is 0 Å². The molecule has 4 heteroatoms. The molecular weight excluding hydrogens is 192 g/mol. The van der Waals surface area contributed by atoms with Crippen LogP contribution in [0.4, 0.5) is 0 Å². The summed E-state index contributed by atoms with van der Waals surface area (Å²) < 4.78 is 5.19. The molecule has 0 bridgehead atoms. The minimum atomic E-state index is -0.427. The first-order valence-corrected chi connectivity index (χ1v) is 5.71. The van der Waals surface area contributed by atoms with Crippen molar-refractivity contribution < 1.29 is 9.63 Å². The standard InChI is InChI=1S/C11H18N2O2/c1-3-9(7(2)14)11-12-10(13-15-11)6-8-4-5-8/h7-9,14H,3-6H2,1-2H3. The molecule has 2 atom stereocenters. The smallest absolute Gasteiger partial charge is 0.232 e. The first-order chi connectivity index (χ1) is 7.20. The Labute approximate surface area is 89.7 Å². The summed E-state index contributed by atoms with van der Waals surface area (Å²) in [6.45, 7) is 3.78. The van der Waals surface area contributed by atoms with Gasteiger partial charge in [0.25, 0.3) is 0 Å². The summed E-state index contributed by atoms with van der Waals surface area (Å²) in [4.78, 5) is 4.35. The molecule has 0 amide bonds. The first kappa shape index (κ1) is 10.6. The Morgan fingerprint density at radius 1 is 1.53 bits per heavy atom. The Morgan fingerprint density at radius 2 is 2.27 bits per heavy atom. The molecule has 4 nitrogen and oxygen atoms in total. The third-order valence-electron chi connectivity index (χ3n) is 2.99. The monoisotopic (exact) mass is 210 g/mol. The molecule has 0 spiro atoms. The molecule has 84 valence electrons. The van der Waals surface area contributed by atoms with Gasteiger partial charge in [-0.2, -0.15) is 4.98 Å². The highest BCUT2D eigenvalue weighted by Gasteiger charge is 2.26. The molecule has 1 aliphatic carbocycles. The van der Waals surface area contributed by atoms with Gasteiger partial charge in [0, 0.05) is 6.42 Å². The fourth-order valence-electron chi connectivity index (χ4n) is 1.80. The number of hydrogen-bond donors (Lipinski definition) is 1. The van der Waals surface area contributed by atoms with Crippen LogP contribution in [0, 0.1) is 5.92 Å². The molecule has 1 saturated carbocycles. The van der Waals surface area contributed by atoms with Crippen LogP contribution in [0.2, 0.25) is 0 Å². The van der Waals surface area contributed by atoms with E-state index in [4.69, 9.17) is 4.52 Å². The summed E-state index contributed by atoms with van der Waals surface area (Å²) in [6.07, 6.45) is 3.90. The number of aliphatic hydroxyl groups is 1. The molecule has 0 aromatic carbocycles. The van der Waals surface area contributed by atoms with Crippen LogP contribution in [0.5, 0.6) is 0 Å². The van der Waals surface area contributed by atoms with Gasteiger partial charge in [-0.25, -0.2) is 0 Å². The number of aromatic nitrogens is 2. The molecule has 1 heterocycles. The van der Waals surface area contributed by atoms with Gasteiger partial charge in [0.15, 0.2) is 5.82 Å². The number of rotatable bonds is 5. The van der Waals surface area contributed by atoms with Crippen molar-refractivity contribution in [3.8, 4) is 0 Å². The first-order valence-electron chi connectivity index (χ1n) is 5.71. The van der Waals surface area contributed by atoms with Crippen LogP contribution in [0.1, 0.15) is 50.7 Å². The summed E-state index contributed by atoms with van der Waals surface area (Å²) >= 11 is 0. The van der Waals surface area contributed by atoms with E-state index in [0.29, 0.717) is 5.89 Å². The Kier molecular flexibility index (Phi) is 3.05. The minimum Gasteiger partial charge on any atom is -0.393 e. The highest BCUT2D eigenvalue weighted by atomic mass is 16.5. The van der Waals surface area contributed by atoms with E-state index in [-0.39, 0.29) is 5.92 Å². The molecule has 2 unspecified atom stereocenters. The molecule has 2 rings (SSSR count). The molecule has 1 N–H and O–H groups in total. The number of nitrogens with zero attached hydrogens (tertiary/aromatic N) is 2. The van der Waals surface area contributed by atoms with Crippen LogP contribution >= 0.6 is 0 Å². The predicted molar refractivity (Wildman–Crippen MR) is 55.4 cm³/mol. The third-order valence-corrected chi connectivity index (χ3v) is 2.99. The van der Waals surface area contributed by atoms with Gasteiger partial charge in [0.2, 0.25) is 5.89 Å². The zero-order valence-electron chi connectivity index (χ0n) is 9.31.